The van der Waals surface area contributed by atoms with Crippen molar-refractivity contribution in [3.63, 3.8) is 0 Å². The molecule has 0 fully saturated rings. The van der Waals surface area contributed by atoms with Crippen molar-refractivity contribution < 1.29 is 14.6 Å². The topological polar surface area (TPSA) is 58.6 Å². The molecule has 0 saturated heterocycles. The fraction of sp³-hybridized carbons (Fsp3) is 0.562. The molecular formula is C16H25NO3. The molecule has 112 valence electrons. The Hall–Kier alpha value is -1.55. The van der Waals surface area contributed by atoms with Gasteiger partial charge in [0.1, 0.15) is 11.3 Å². The van der Waals surface area contributed by atoms with Crippen LogP contribution in [0.4, 0.5) is 0 Å². The molecule has 0 aliphatic heterocycles. The van der Waals surface area contributed by atoms with Crippen LogP contribution in [0, 0.1) is 0 Å². The number of rotatable bonds is 8. The van der Waals surface area contributed by atoms with Gasteiger partial charge in [0.15, 0.2) is 0 Å². The summed E-state index contributed by atoms with van der Waals surface area (Å²) in [6.07, 6.45) is 1.41. The lowest BCUT2D eigenvalue weighted by molar-refractivity contribution is -0.145. The third-order valence-electron chi connectivity index (χ3n) is 3.28. The second kappa shape index (κ2) is 7.29. The van der Waals surface area contributed by atoms with Gasteiger partial charge in [-0.2, -0.15) is 0 Å². The van der Waals surface area contributed by atoms with Gasteiger partial charge in [-0.05, 0) is 44.9 Å². The first-order valence-electron chi connectivity index (χ1n) is 7.10. The molecule has 0 saturated carbocycles. The van der Waals surface area contributed by atoms with Crippen molar-refractivity contribution >= 4 is 5.97 Å². The summed E-state index contributed by atoms with van der Waals surface area (Å²) in [5, 5.41) is 12.4. The van der Waals surface area contributed by atoms with Crippen LogP contribution in [0.25, 0.3) is 0 Å². The minimum Gasteiger partial charge on any atom is -0.494 e. The number of aliphatic carboxylic acids is 1. The summed E-state index contributed by atoms with van der Waals surface area (Å²) in [7, 11) is 0. The van der Waals surface area contributed by atoms with Gasteiger partial charge in [-0.25, -0.2) is 0 Å². The molecule has 20 heavy (non-hydrogen) atoms. The minimum absolute atomic E-state index is 0.111. The molecule has 0 spiro atoms. The molecule has 0 aliphatic rings. The summed E-state index contributed by atoms with van der Waals surface area (Å²) in [6, 6.07) is 8.01. The van der Waals surface area contributed by atoms with E-state index in [9.17, 15) is 9.90 Å². The lowest BCUT2D eigenvalue weighted by Crippen LogP contribution is -2.53. The summed E-state index contributed by atoms with van der Waals surface area (Å²) in [4.78, 5) is 11.4. The molecule has 0 aliphatic carbocycles. The molecule has 1 aromatic carbocycles. The maximum atomic E-state index is 11.4. The van der Waals surface area contributed by atoms with E-state index in [1.165, 1.54) is 5.56 Å². The highest BCUT2D eigenvalue weighted by molar-refractivity contribution is 5.78. The van der Waals surface area contributed by atoms with Crippen molar-refractivity contribution in [2.45, 2.75) is 52.1 Å². The number of carboxylic acid groups (broad SMARTS) is 1. The predicted octanol–water partition coefficient (Wildman–Crippen LogP) is 2.86. The number of ether oxygens (including phenoxy) is 1. The summed E-state index contributed by atoms with van der Waals surface area (Å²) < 4.78 is 5.63. The van der Waals surface area contributed by atoms with Gasteiger partial charge in [0.25, 0.3) is 0 Å². The van der Waals surface area contributed by atoms with E-state index in [4.69, 9.17) is 4.74 Å². The zero-order chi connectivity index (χ0) is 15.2. The van der Waals surface area contributed by atoms with E-state index in [1.807, 2.05) is 38.1 Å². The molecule has 0 heterocycles. The van der Waals surface area contributed by atoms with Gasteiger partial charge in [0.2, 0.25) is 0 Å². The van der Waals surface area contributed by atoms with Crippen molar-refractivity contribution in [3.8, 4) is 5.75 Å². The summed E-state index contributed by atoms with van der Waals surface area (Å²) in [6.45, 7) is 8.04. The lowest BCUT2D eigenvalue weighted by atomic mass is 9.97. The molecule has 1 aromatic rings. The van der Waals surface area contributed by atoms with Crippen molar-refractivity contribution in [2.75, 3.05) is 6.61 Å². The van der Waals surface area contributed by atoms with E-state index in [0.717, 1.165) is 12.2 Å². The SMILES string of the molecule is CCc1ccc(OCCC(C)(NC(C)C)C(=O)O)cc1. The van der Waals surface area contributed by atoms with Crippen LogP contribution in [0.3, 0.4) is 0 Å². The highest BCUT2D eigenvalue weighted by atomic mass is 16.5. The number of nitrogens with one attached hydrogen (secondary N) is 1. The van der Waals surface area contributed by atoms with Crippen LogP contribution in [0.5, 0.6) is 5.75 Å². The third-order valence-corrected chi connectivity index (χ3v) is 3.28. The first kappa shape index (κ1) is 16.5. The summed E-state index contributed by atoms with van der Waals surface area (Å²) >= 11 is 0. The first-order chi connectivity index (χ1) is 9.37. The monoisotopic (exact) mass is 279 g/mol. The Labute approximate surface area is 121 Å². The Morgan fingerprint density at radius 1 is 1.35 bits per heavy atom. The van der Waals surface area contributed by atoms with Crippen LogP contribution in [-0.4, -0.2) is 29.3 Å². The van der Waals surface area contributed by atoms with Crippen molar-refractivity contribution in [3.05, 3.63) is 29.8 Å². The average Bonchev–Trinajstić information content (AvgIpc) is 2.38. The number of hydrogen-bond acceptors (Lipinski definition) is 3. The van der Waals surface area contributed by atoms with Gasteiger partial charge in [0.05, 0.1) is 6.61 Å². The van der Waals surface area contributed by atoms with E-state index < -0.39 is 11.5 Å². The van der Waals surface area contributed by atoms with Crippen LogP contribution < -0.4 is 10.1 Å². The second-order valence-electron chi connectivity index (χ2n) is 5.53. The van der Waals surface area contributed by atoms with Crippen molar-refractivity contribution in [1.82, 2.24) is 5.32 Å². The molecule has 0 aromatic heterocycles. The summed E-state index contributed by atoms with van der Waals surface area (Å²) in [5.41, 5.74) is 0.298. The quantitative estimate of drug-likeness (QED) is 0.768. The zero-order valence-electron chi connectivity index (χ0n) is 12.8. The minimum atomic E-state index is -0.961. The maximum absolute atomic E-state index is 11.4. The van der Waals surface area contributed by atoms with E-state index >= 15 is 0 Å². The number of carboxylic acids is 1. The highest BCUT2D eigenvalue weighted by Gasteiger charge is 2.33. The van der Waals surface area contributed by atoms with Crippen molar-refractivity contribution in [2.24, 2.45) is 0 Å². The third kappa shape index (κ3) is 4.85. The second-order valence-corrected chi connectivity index (χ2v) is 5.53. The molecule has 1 atom stereocenters. The van der Waals surface area contributed by atoms with Crippen LogP contribution in [0.2, 0.25) is 0 Å². The van der Waals surface area contributed by atoms with Gasteiger partial charge < -0.3 is 9.84 Å². The lowest BCUT2D eigenvalue weighted by Gasteiger charge is -2.28. The van der Waals surface area contributed by atoms with E-state index in [2.05, 4.69) is 12.2 Å². The van der Waals surface area contributed by atoms with Gasteiger partial charge >= 0.3 is 5.97 Å². The molecule has 4 nitrogen and oxygen atoms in total. The molecule has 1 unspecified atom stereocenters. The van der Waals surface area contributed by atoms with Gasteiger partial charge in [0, 0.05) is 12.5 Å². The Balaban J connectivity index is 2.53. The molecule has 0 radical (unpaired) electrons. The highest BCUT2D eigenvalue weighted by Crippen LogP contribution is 2.16. The Bertz CT molecular complexity index is 428. The van der Waals surface area contributed by atoms with Crippen LogP contribution in [-0.2, 0) is 11.2 Å². The molecular weight excluding hydrogens is 254 g/mol. The van der Waals surface area contributed by atoms with Gasteiger partial charge in [-0.1, -0.05) is 19.1 Å². The Kier molecular flexibility index (Phi) is 6.02. The molecule has 0 bridgehead atoms. The largest absolute Gasteiger partial charge is 0.494 e. The number of benzene rings is 1. The Morgan fingerprint density at radius 2 is 1.95 bits per heavy atom. The van der Waals surface area contributed by atoms with Crippen LogP contribution in [0.15, 0.2) is 24.3 Å². The van der Waals surface area contributed by atoms with Crippen LogP contribution >= 0.6 is 0 Å². The fourth-order valence-electron chi connectivity index (χ4n) is 2.07. The predicted molar refractivity (Wildman–Crippen MR) is 80.2 cm³/mol. The average molecular weight is 279 g/mol. The molecule has 1 rings (SSSR count). The van der Waals surface area contributed by atoms with E-state index in [-0.39, 0.29) is 6.04 Å². The maximum Gasteiger partial charge on any atom is 0.323 e. The zero-order valence-corrected chi connectivity index (χ0v) is 12.8. The smallest absolute Gasteiger partial charge is 0.323 e. The normalized spacial score (nSPS) is 14.1. The summed E-state index contributed by atoms with van der Waals surface area (Å²) in [5.74, 6) is -0.0735. The Morgan fingerprint density at radius 3 is 2.40 bits per heavy atom. The standard InChI is InChI=1S/C16H25NO3/c1-5-13-6-8-14(9-7-13)20-11-10-16(4,15(18)19)17-12(2)3/h6-9,12,17H,5,10-11H2,1-4H3,(H,18,19). The van der Waals surface area contributed by atoms with Crippen molar-refractivity contribution in [1.29, 1.82) is 0 Å². The first-order valence-corrected chi connectivity index (χ1v) is 7.10. The number of carbonyl (C=O) groups is 1. The molecule has 2 N–H and O–H groups in total. The number of aryl methyl sites for hydroxylation is 1. The van der Waals surface area contributed by atoms with Crippen LogP contribution in [0.1, 0.15) is 39.7 Å². The number of hydrogen-bond donors (Lipinski definition) is 2. The van der Waals surface area contributed by atoms with E-state index in [1.54, 1.807) is 6.92 Å². The van der Waals surface area contributed by atoms with E-state index in [0.29, 0.717) is 13.0 Å². The van der Waals surface area contributed by atoms with Gasteiger partial charge in [-0.15, -0.1) is 0 Å². The van der Waals surface area contributed by atoms with Gasteiger partial charge in [-0.3, -0.25) is 10.1 Å². The molecule has 4 heteroatoms. The fourth-order valence-corrected chi connectivity index (χ4v) is 2.07. The molecule has 0 amide bonds.